The summed E-state index contributed by atoms with van der Waals surface area (Å²) in [5.41, 5.74) is 3.17. The minimum absolute atomic E-state index is 0.252. The summed E-state index contributed by atoms with van der Waals surface area (Å²) >= 11 is 2.78. The van der Waals surface area contributed by atoms with Crippen molar-refractivity contribution >= 4 is 43.9 Å². The fourth-order valence-corrected chi connectivity index (χ4v) is 4.50. The molecular weight excluding hydrogens is 368 g/mol. The van der Waals surface area contributed by atoms with E-state index < -0.39 is 0 Å². The lowest BCUT2D eigenvalue weighted by molar-refractivity contribution is 0.102. The van der Waals surface area contributed by atoms with Gasteiger partial charge in [0.05, 0.1) is 9.58 Å². The first kappa shape index (κ1) is 16.6. The highest BCUT2D eigenvalue weighted by Crippen LogP contribution is 2.33. The minimum atomic E-state index is -0.372. The van der Waals surface area contributed by atoms with Crippen molar-refractivity contribution in [2.45, 2.75) is 13.8 Å². The van der Waals surface area contributed by atoms with Crippen LogP contribution in [0.3, 0.4) is 0 Å². The van der Waals surface area contributed by atoms with Crippen LogP contribution in [0.25, 0.3) is 20.8 Å². The van der Waals surface area contributed by atoms with Gasteiger partial charge in [0, 0.05) is 5.56 Å². The quantitative estimate of drug-likeness (QED) is 0.561. The van der Waals surface area contributed by atoms with Crippen molar-refractivity contribution in [1.29, 1.82) is 0 Å². The van der Waals surface area contributed by atoms with Gasteiger partial charge in [0.2, 0.25) is 0 Å². The Morgan fingerprint density at radius 2 is 1.96 bits per heavy atom. The average molecular weight is 382 g/mol. The third-order valence-electron chi connectivity index (χ3n) is 3.79. The molecule has 26 heavy (non-hydrogen) atoms. The average Bonchev–Trinajstić information content (AvgIpc) is 3.24. The molecule has 0 aliphatic carbocycles. The molecule has 6 nitrogen and oxygen atoms in total. The summed E-state index contributed by atoms with van der Waals surface area (Å²) in [4.78, 5) is 29.9. The Morgan fingerprint density at radius 3 is 2.65 bits per heavy atom. The number of anilines is 1. The highest BCUT2D eigenvalue weighted by molar-refractivity contribution is 7.23. The van der Waals surface area contributed by atoms with Gasteiger partial charge in [-0.2, -0.15) is 5.10 Å². The normalized spacial score (nSPS) is 11.0. The Morgan fingerprint density at radius 1 is 1.19 bits per heavy atom. The highest BCUT2D eigenvalue weighted by atomic mass is 32.1. The van der Waals surface area contributed by atoms with Crippen LogP contribution in [0.1, 0.15) is 21.5 Å². The maximum atomic E-state index is 12.5. The molecule has 1 aromatic carbocycles. The van der Waals surface area contributed by atoms with Crippen molar-refractivity contribution in [1.82, 2.24) is 15.2 Å². The Bertz CT molecular complexity index is 1160. The molecule has 0 fully saturated rings. The first-order valence-corrected chi connectivity index (χ1v) is 9.53. The van der Waals surface area contributed by atoms with Crippen LogP contribution in [0, 0.1) is 13.8 Å². The van der Waals surface area contributed by atoms with E-state index in [0.717, 1.165) is 16.0 Å². The lowest BCUT2D eigenvalue weighted by Crippen LogP contribution is -2.12. The predicted octanol–water partition coefficient (Wildman–Crippen LogP) is 3.98. The van der Waals surface area contributed by atoms with Crippen molar-refractivity contribution in [3.63, 3.8) is 0 Å². The van der Waals surface area contributed by atoms with Gasteiger partial charge in [0.15, 0.2) is 10.6 Å². The molecule has 0 saturated heterocycles. The monoisotopic (exact) mass is 382 g/mol. The number of hydrogen-bond donors (Lipinski definition) is 2. The number of hydrogen-bond acceptors (Lipinski definition) is 6. The van der Waals surface area contributed by atoms with Crippen molar-refractivity contribution < 1.29 is 4.79 Å². The maximum absolute atomic E-state index is 12.5. The predicted molar refractivity (Wildman–Crippen MR) is 105 cm³/mol. The van der Waals surface area contributed by atoms with Gasteiger partial charge in [0.25, 0.3) is 11.5 Å². The van der Waals surface area contributed by atoms with Crippen LogP contribution in [0.5, 0.6) is 0 Å². The molecular formula is C18H14N4O2S2. The van der Waals surface area contributed by atoms with Crippen molar-refractivity contribution in [3.8, 4) is 10.6 Å². The van der Waals surface area contributed by atoms with Gasteiger partial charge in [-0.3, -0.25) is 14.9 Å². The van der Waals surface area contributed by atoms with Gasteiger partial charge in [-0.05, 0) is 37.4 Å². The SMILES string of the molecule is Cc1cc(C)cc(C(=O)Nc2nc3c(=O)[nH]nc(-c4cccs4)c3s2)c1. The van der Waals surface area contributed by atoms with Gasteiger partial charge < -0.3 is 0 Å². The number of nitrogens with one attached hydrogen (secondary N) is 2. The molecule has 0 saturated carbocycles. The molecule has 8 heteroatoms. The fourth-order valence-electron chi connectivity index (χ4n) is 2.75. The molecule has 0 aliphatic heterocycles. The molecule has 2 N–H and O–H groups in total. The van der Waals surface area contributed by atoms with Gasteiger partial charge in [0.1, 0.15) is 5.69 Å². The van der Waals surface area contributed by atoms with Crippen LogP contribution in [0.2, 0.25) is 0 Å². The molecule has 3 heterocycles. The molecule has 0 radical (unpaired) electrons. The number of aromatic amines is 1. The summed E-state index contributed by atoms with van der Waals surface area (Å²) < 4.78 is 0.659. The fraction of sp³-hybridized carbons (Fsp3) is 0.111. The van der Waals surface area contributed by atoms with Crippen LogP contribution < -0.4 is 10.9 Å². The van der Waals surface area contributed by atoms with E-state index >= 15 is 0 Å². The first-order chi connectivity index (χ1) is 12.5. The number of nitrogens with zero attached hydrogens (tertiary/aromatic N) is 2. The summed E-state index contributed by atoms with van der Waals surface area (Å²) in [5, 5.41) is 11.7. The minimum Gasteiger partial charge on any atom is -0.298 e. The molecule has 4 rings (SSSR count). The summed E-state index contributed by atoms with van der Waals surface area (Å²) in [5.74, 6) is -0.252. The largest absolute Gasteiger partial charge is 0.298 e. The standard InChI is InChI=1S/C18H14N4O2S2/c1-9-6-10(2)8-11(7-9)16(23)20-18-19-14-15(26-18)13(21-22-17(14)24)12-4-3-5-25-12/h3-8H,1-2H3,(H,22,24)(H,19,20,23). The van der Waals surface area contributed by atoms with E-state index in [-0.39, 0.29) is 17.0 Å². The molecule has 130 valence electrons. The molecule has 0 bridgehead atoms. The number of aryl methyl sites for hydroxylation is 2. The smallest absolute Gasteiger partial charge is 0.291 e. The zero-order chi connectivity index (χ0) is 18.3. The van der Waals surface area contributed by atoms with E-state index in [1.165, 1.54) is 22.7 Å². The Labute approximate surface area is 156 Å². The van der Waals surface area contributed by atoms with E-state index in [2.05, 4.69) is 20.5 Å². The number of benzene rings is 1. The lowest BCUT2D eigenvalue weighted by atomic mass is 10.1. The van der Waals surface area contributed by atoms with E-state index in [4.69, 9.17) is 0 Å². The summed E-state index contributed by atoms with van der Waals surface area (Å²) in [7, 11) is 0. The highest BCUT2D eigenvalue weighted by Gasteiger charge is 2.17. The number of aromatic nitrogens is 3. The van der Waals surface area contributed by atoms with E-state index in [0.29, 0.717) is 21.1 Å². The number of thiazole rings is 1. The van der Waals surface area contributed by atoms with Crippen LogP contribution in [0.4, 0.5) is 5.13 Å². The van der Waals surface area contributed by atoms with Crippen LogP contribution in [0.15, 0.2) is 40.5 Å². The molecule has 1 amide bonds. The van der Waals surface area contributed by atoms with Crippen molar-refractivity contribution in [2.24, 2.45) is 0 Å². The molecule has 0 spiro atoms. The number of H-pyrrole nitrogens is 1. The number of thiophene rings is 1. The Balaban J connectivity index is 1.74. The Hall–Kier alpha value is -2.84. The number of carbonyl (C=O) groups excluding carboxylic acids is 1. The third kappa shape index (κ3) is 3.04. The number of fused-ring (bicyclic) bond motifs is 1. The van der Waals surface area contributed by atoms with Crippen LogP contribution >= 0.6 is 22.7 Å². The van der Waals surface area contributed by atoms with Crippen molar-refractivity contribution in [2.75, 3.05) is 5.32 Å². The number of carbonyl (C=O) groups is 1. The van der Waals surface area contributed by atoms with E-state index in [1.54, 1.807) is 0 Å². The van der Waals surface area contributed by atoms with E-state index in [9.17, 15) is 9.59 Å². The van der Waals surface area contributed by atoms with Gasteiger partial charge in [-0.25, -0.2) is 10.1 Å². The van der Waals surface area contributed by atoms with Crippen LogP contribution in [-0.2, 0) is 0 Å². The molecule has 0 unspecified atom stereocenters. The second kappa shape index (κ2) is 6.47. The van der Waals surface area contributed by atoms with Gasteiger partial charge in [-0.15, -0.1) is 11.3 Å². The summed E-state index contributed by atoms with van der Waals surface area (Å²) in [6.45, 7) is 3.89. The zero-order valence-corrected chi connectivity index (χ0v) is 15.6. The third-order valence-corrected chi connectivity index (χ3v) is 5.64. The number of rotatable bonds is 3. The summed E-state index contributed by atoms with van der Waals surface area (Å²) in [6.07, 6.45) is 0. The first-order valence-electron chi connectivity index (χ1n) is 7.84. The van der Waals surface area contributed by atoms with Gasteiger partial charge in [-0.1, -0.05) is 34.6 Å². The lowest BCUT2D eigenvalue weighted by Gasteiger charge is -2.04. The van der Waals surface area contributed by atoms with E-state index in [1.807, 2.05) is 49.6 Å². The molecule has 3 aromatic heterocycles. The second-order valence-electron chi connectivity index (χ2n) is 5.91. The summed E-state index contributed by atoms with van der Waals surface area (Å²) in [6, 6.07) is 9.50. The zero-order valence-electron chi connectivity index (χ0n) is 14.0. The van der Waals surface area contributed by atoms with Gasteiger partial charge >= 0.3 is 0 Å². The second-order valence-corrected chi connectivity index (χ2v) is 7.85. The van der Waals surface area contributed by atoms with Crippen LogP contribution in [-0.4, -0.2) is 21.1 Å². The maximum Gasteiger partial charge on any atom is 0.291 e. The van der Waals surface area contributed by atoms with Crippen molar-refractivity contribution in [3.05, 3.63) is 62.8 Å². The Kier molecular flexibility index (Phi) is 4.14. The molecule has 4 aromatic rings. The molecule has 0 atom stereocenters. The molecule has 0 aliphatic rings. The topological polar surface area (TPSA) is 87.7 Å². The number of amides is 1.